The van der Waals surface area contributed by atoms with Gasteiger partial charge < -0.3 is 0 Å². The van der Waals surface area contributed by atoms with Crippen LogP contribution in [-0.2, 0) is 6.18 Å². The molecule has 1 saturated carbocycles. The molecule has 1 aromatic carbocycles. The summed E-state index contributed by atoms with van der Waals surface area (Å²) in [6, 6.07) is 5.70. The Bertz CT molecular complexity index is 523. The Balaban J connectivity index is 1.92. The first-order valence-corrected chi connectivity index (χ1v) is 7.85. The maximum absolute atomic E-state index is 12.6. The van der Waals surface area contributed by atoms with Crippen LogP contribution in [0.4, 0.5) is 13.2 Å². The maximum Gasteiger partial charge on any atom is 0.416 e. The van der Waals surface area contributed by atoms with Gasteiger partial charge in [0.05, 0.1) is 5.56 Å². The topological polar surface area (TPSA) is 0 Å². The van der Waals surface area contributed by atoms with Crippen LogP contribution in [0.5, 0.6) is 0 Å². The van der Waals surface area contributed by atoms with Gasteiger partial charge in [-0.1, -0.05) is 35.9 Å². The van der Waals surface area contributed by atoms with Crippen LogP contribution in [0, 0.1) is 5.92 Å². The Kier molecular flexibility index (Phi) is 5.49. The van der Waals surface area contributed by atoms with Gasteiger partial charge in [0.25, 0.3) is 0 Å². The van der Waals surface area contributed by atoms with Gasteiger partial charge in [0, 0.05) is 0 Å². The van der Waals surface area contributed by atoms with Crippen LogP contribution < -0.4 is 0 Å². The number of halogens is 3. The van der Waals surface area contributed by atoms with E-state index in [1.165, 1.54) is 17.7 Å². The summed E-state index contributed by atoms with van der Waals surface area (Å²) in [5.74, 6) is 0.997. The number of rotatable bonds is 3. The summed E-state index contributed by atoms with van der Waals surface area (Å²) in [7, 11) is 0. The molecule has 120 valence electrons. The van der Waals surface area contributed by atoms with Crippen LogP contribution in [0.25, 0.3) is 0 Å². The van der Waals surface area contributed by atoms with Crippen molar-refractivity contribution >= 4 is 0 Å². The van der Waals surface area contributed by atoms with Crippen molar-refractivity contribution in [3.05, 3.63) is 59.2 Å². The second-order valence-electron chi connectivity index (χ2n) is 6.36. The minimum absolute atomic E-state index is 0.399. The van der Waals surface area contributed by atoms with Crippen LogP contribution in [-0.4, -0.2) is 0 Å². The van der Waals surface area contributed by atoms with E-state index in [1.54, 1.807) is 12.1 Å². The van der Waals surface area contributed by atoms with Gasteiger partial charge in [-0.05, 0) is 69.1 Å². The van der Waals surface area contributed by atoms with E-state index < -0.39 is 11.7 Å². The summed E-state index contributed by atoms with van der Waals surface area (Å²) < 4.78 is 37.7. The third-order valence-corrected chi connectivity index (χ3v) is 4.29. The highest BCUT2D eigenvalue weighted by Gasteiger charge is 2.30. The quantitative estimate of drug-likeness (QED) is 0.559. The molecule has 0 saturated heterocycles. The largest absolute Gasteiger partial charge is 0.416 e. The molecule has 2 rings (SSSR count). The zero-order valence-electron chi connectivity index (χ0n) is 13.2. The van der Waals surface area contributed by atoms with Gasteiger partial charge in [0.15, 0.2) is 0 Å². The van der Waals surface area contributed by atoms with Crippen LogP contribution >= 0.6 is 0 Å². The normalized spacial score (nSPS) is 22.8. The summed E-state index contributed by atoms with van der Waals surface area (Å²) in [4.78, 5) is 0. The second-order valence-corrected chi connectivity index (χ2v) is 6.36. The Labute approximate surface area is 130 Å². The number of hydrogen-bond acceptors (Lipinski definition) is 0. The van der Waals surface area contributed by atoms with E-state index in [1.807, 2.05) is 0 Å². The molecule has 22 heavy (non-hydrogen) atoms. The molecule has 1 fully saturated rings. The molecule has 0 unspecified atom stereocenters. The van der Waals surface area contributed by atoms with Gasteiger partial charge in [0.2, 0.25) is 0 Å². The zero-order valence-corrected chi connectivity index (χ0v) is 13.2. The SMILES string of the molecule is CC(C)=C/C=C/C1CCC(c2ccc(C(F)(F)F)cc2)CC1. The lowest BCUT2D eigenvalue weighted by Crippen LogP contribution is -2.12. The highest BCUT2D eigenvalue weighted by molar-refractivity contribution is 5.27. The molecule has 0 atom stereocenters. The fourth-order valence-corrected chi connectivity index (χ4v) is 2.99. The van der Waals surface area contributed by atoms with Crippen molar-refractivity contribution < 1.29 is 13.2 Å². The predicted molar refractivity (Wildman–Crippen MR) is 84.7 cm³/mol. The first-order valence-electron chi connectivity index (χ1n) is 7.85. The lowest BCUT2D eigenvalue weighted by molar-refractivity contribution is -0.137. The van der Waals surface area contributed by atoms with Gasteiger partial charge in [-0.2, -0.15) is 13.2 Å². The van der Waals surface area contributed by atoms with Gasteiger partial charge in [-0.25, -0.2) is 0 Å². The number of alkyl halides is 3. The van der Waals surface area contributed by atoms with E-state index in [4.69, 9.17) is 0 Å². The van der Waals surface area contributed by atoms with E-state index >= 15 is 0 Å². The average molecular weight is 308 g/mol. The summed E-state index contributed by atoms with van der Waals surface area (Å²) in [6.45, 7) is 4.15. The van der Waals surface area contributed by atoms with Crippen molar-refractivity contribution in [3.63, 3.8) is 0 Å². The Morgan fingerprint density at radius 2 is 1.59 bits per heavy atom. The monoisotopic (exact) mass is 308 g/mol. The molecule has 0 aromatic heterocycles. The van der Waals surface area contributed by atoms with Crippen LogP contribution in [0.15, 0.2) is 48.1 Å². The summed E-state index contributed by atoms with van der Waals surface area (Å²) in [5, 5.41) is 0. The smallest absolute Gasteiger partial charge is 0.166 e. The highest BCUT2D eigenvalue weighted by Crippen LogP contribution is 2.37. The van der Waals surface area contributed by atoms with Crippen LogP contribution in [0.2, 0.25) is 0 Å². The lowest BCUT2D eigenvalue weighted by atomic mass is 9.78. The van der Waals surface area contributed by atoms with Gasteiger partial charge in [-0.3, -0.25) is 0 Å². The van der Waals surface area contributed by atoms with E-state index in [0.717, 1.165) is 31.2 Å². The molecule has 3 heteroatoms. The van der Waals surface area contributed by atoms with Gasteiger partial charge in [-0.15, -0.1) is 0 Å². The van der Waals surface area contributed by atoms with E-state index in [0.29, 0.717) is 11.8 Å². The molecule has 1 aliphatic rings. The fraction of sp³-hybridized carbons (Fsp3) is 0.474. The molecular formula is C19H23F3. The molecular weight excluding hydrogens is 285 g/mol. The predicted octanol–water partition coefficient (Wildman–Crippen LogP) is 6.50. The first kappa shape index (κ1) is 16.9. The molecule has 0 heterocycles. The Hall–Kier alpha value is -1.51. The molecule has 0 amide bonds. The highest BCUT2D eigenvalue weighted by atomic mass is 19.4. The average Bonchev–Trinajstić information content (AvgIpc) is 2.47. The van der Waals surface area contributed by atoms with Crippen molar-refractivity contribution in [2.75, 3.05) is 0 Å². The molecule has 1 aromatic rings. The van der Waals surface area contributed by atoms with E-state index in [9.17, 15) is 13.2 Å². The van der Waals surface area contributed by atoms with Crippen molar-refractivity contribution in [2.45, 2.75) is 51.6 Å². The minimum Gasteiger partial charge on any atom is -0.166 e. The number of allylic oxidation sites excluding steroid dienone is 4. The first-order chi connectivity index (χ1) is 10.4. The Morgan fingerprint density at radius 3 is 2.09 bits per heavy atom. The van der Waals surface area contributed by atoms with Crippen LogP contribution in [0.3, 0.4) is 0 Å². The van der Waals surface area contributed by atoms with Gasteiger partial charge in [0.1, 0.15) is 0 Å². The molecule has 0 radical (unpaired) electrons. The van der Waals surface area contributed by atoms with Crippen molar-refractivity contribution in [1.82, 2.24) is 0 Å². The minimum atomic E-state index is -4.24. The molecule has 0 bridgehead atoms. The van der Waals surface area contributed by atoms with Crippen molar-refractivity contribution in [2.24, 2.45) is 5.92 Å². The van der Waals surface area contributed by atoms with Crippen molar-refractivity contribution in [3.8, 4) is 0 Å². The number of benzene rings is 1. The lowest BCUT2D eigenvalue weighted by Gasteiger charge is -2.27. The molecule has 0 N–H and O–H groups in total. The molecule has 1 aliphatic carbocycles. The fourth-order valence-electron chi connectivity index (χ4n) is 2.99. The molecule has 0 aliphatic heterocycles. The van der Waals surface area contributed by atoms with Crippen LogP contribution in [0.1, 0.15) is 56.6 Å². The maximum atomic E-state index is 12.6. The Morgan fingerprint density at radius 1 is 1.00 bits per heavy atom. The third kappa shape index (κ3) is 4.75. The standard InChI is InChI=1S/C19H23F3/c1-14(2)4-3-5-15-6-8-16(9-7-15)17-10-12-18(13-11-17)19(20,21)22/h3-5,10-13,15-16H,6-9H2,1-2H3/b5-3+. The second kappa shape index (κ2) is 7.17. The summed E-state index contributed by atoms with van der Waals surface area (Å²) >= 11 is 0. The third-order valence-electron chi connectivity index (χ3n) is 4.29. The molecule has 0 spiro atoms. The zero-order chi connectivity index (χ0) is 16.2. The van der Waals surface area contributed by atoms with Crippen molar-refractivity contribution in [1.29, 1.82) is 0 Å². The van der Waals surface area contributed by atoms with E-state index in [2.05, 4.69) is 32.1 Å². The number of hydrogen-bond donors (Lipinski definition) is 0. The van der Waals surface area contributed by atoms with E-state index in [-0.39, 0.29) is 0 Å². The van der Waals surface area contributed by atoms with Gasteiger partial charge >= 0.3 is 6.18 Å². The summed E-state index contributed by atoms with van der Waals surface area (Å²) in [5.41, 5.74) is 1.77. The summed E-state index contributed by atoms with van der Waals surface area (Å²) in [6.07, 6.45) is 6.57. The molecule has 0 nitrogen and oxygen atoms in total.